The van der Waals surface area contributed by atoms with E-state index in [4.69, 9.17) is 9.15 Å². The van der Waals surface area contributed by atoms with Gasteiger partial charge in [-0.1, -0.05) is 0 Å². The number of benzene rings is 1. The van der Waals surface area contributed by atoms with Gasteiger partial charge in [0.25, 0.3) is 11.6 Å². The van der Waals surface area contributed by atoms with Crippen molar-refractivity contribution >= 4 is 17.6 Å². The molecule has 1 aromatic heterocycles. The lowest BCUT2D eigenvalue weighted by Gasteiger charge is -2.21. The number of carbonyl (C=O) groups excluding carboxylic acids is 2. The maximum absolute atomic E-state index is 12.7. The van der Waals surface area contributed by atoms with Gasteiger partial charge in [0.15, 0.2) is 0 Å². The number of non-ortho nitro benzene ring substituents is 1. The van der Waals surface area contributed by atoms with Crippen molar-refractivity contribution in [1.82, 2.24) is 4.90 Å². The first-order valence-electron chi connectivity index (χ1n) is 7.73. The molecule has 0 atom stereocenters. The Balaban J connectivity index is 2.13. The van der Waals surface area contributed by atoms with E-state index in [0.29, 0.717) is 11.3 Å². The molecule has 0 unspecified atom stereocenters. The van der Waals surface area contributed by atoms with Gasteiger partial charge in [0.2, 0.25) is 0 Å². The summed E-state index contributed by atoms with van der Waals surface area (Å²) in [6.45, 7) is 2.31. The molecule has 8 heteroatoms. The molecule has 1 heterocycles. The van der Waals surface area contributed by atoms with Crippen LogP contribution < -0.4 is 0 Å². The maximum Gasteiger partial charge on any atom is 0.307 e. The molecule has 25 heavy (non-hydrogen) atoms. The van der Waals surface area contributed by atoms with Gasteiger partial charge in [0.1, 0.15) is 5.76 Å². The highest BCUT2D eigenvalue weighted by atomic mass is 16.6. The lowest BCUT2D eigenvalue weighted by molar-refractivity contribution is -0.384. The van der Waals surface area contributed by atoms with E-state index in [9.17, 15) is 19.7 Å². The molecular formula is C17H18N2O6. The van der Waals surface area contributed by atoms with Crippen molar-refractivity contribution < 1.29 is 23.7 Å². The monoisotopic (exact) mass is 346 g/mol. The molecule has 0 radical (unpaired) electrons. The van der Waals surface area contributed by atoms with E-state index in [1.807, 2.05) is 0 Å². The summed E-state index contributed by atoms with van der Waals surface area (Å²) < 4.78 is 10.1. The largest absolute Gasteiger partial charge is 0.467 e. The zero-order chi connectivity index (χ0) is 18.2. The molecule has 0 aliphatic rings. The smallest absolute Gasteiger partial charge is 0.307 e. The van der Waals surface area contributed by atoms with Crippen LogP contribution >= 0.6 is 0 Å². The Labute approximate surface area is 144 Å². The van der Waals surface area contributed by atoms with Gasteiger partial charge >= 0.3 is 5.97 Å². The van der Waals surface area contributed by atoms with E-state index in [1.54, 1.807) is 19.1 Å². The third kappa shape index (κ3) is 5.17. The van der Waals surface area contributed by atoms with E-state index in [0.717, 1.165) is 0 Å². The SMILES string of the molecule is CCOC(=O)CCN(Cc1ccco1)C(=O)c1ccc([N+](=O)[O-])cc1. The predicted octanol–water partition coefficient (Wildman–Crippen LogP) is 2.78. The highest BCUT2D eigenvalue weighted by Crippen LogP contribution is 2.16. The summed E-state index contributed by atoms with van der Waals surface area (Å²) in [5.74, 6) is -0.182. The van der Waals surface area contributed by atoms with E-state index in [1.165, 1.54) is 35.4 Å². The van der Waals surface area contributed by atoms with Crippen molar-refractivity contribution in [2.45, 2.75) is 19.9 Å². The summed E-state index contributed by atoms with van der Waals surface area (Å²) in [4.78, 5) is 35.9. The molecule has 0 aliphatic heterocycles. The number of furan rings is 1. The fourth-order valence-corrected chi connectivity index (χ4v) is 2.21. The molecule has 0 bridgehead atoms. The lowest BCUT2D eigenvalue weighted by atomic mass is 10.1. The van der Waals surface area contributed by atoms with Crippen molar-refractivity contribution in [2.75, 3.05) is 13.2 Å². The number of hydrogen-bond acceptors (Lipinski definition) is 6. The molecule has 0 saturated heterocycles. The summed E-state index contributed by atoms with van der Waals surface area (Å²) in [7, 11) is 0. The van der Waals surface area contributed by atoms with Crippen LogP contribution in [0.4, 0.5) is 5.69 Å². The fraction of sp³-hybridized carbons (Fsp3) is 0.294. The van der Waals surface area contributed by atoms with Crippen molar-refractivity contribution in [3.63, 3.8) is 0 Å². The van der Waals surface area contributed by atoms with Gasteiger partial charge in [-0.3, -0.25) is 19.7 Å². The molecule has 0 N–H and O–H groups in total. The second-order valence-electron chi connectivity index (χ2n) is 5.17. The number of rotatable bonds is 8. The minimum Gasteiger partial charge on any atom is -0.467 e. The first kappa shape index (κ1) is 18.2. The van der Waals surface area contributed by atoms with Crippen LogP contribution in [-0.4, -0.2) is 34.9 Å². The number of amides is 1. The minimum absolute atomic E-state index is 0.0489. The van der Waals surface area contributed by atoms with Gasteiger partial charge in [-0.2, -0.15) is 0 Å². The van der Waals surface area contributed by atoms with E-state index >= 15 is 0 Å². The minimum atomic E-state index is -0.532. The summed E-state index contributed by atoms with van der Waals surface area (Å²) in [5, 5.41) is 10.7. The molecule has 8 nitrogen and oxygen atoms in total. The standard InChI is InChI=1S/C17H18N2O6/c1-2-24-16(20)9-10-18(12-15-4-3-11-25-15)17(21)13-5-7-14(8-6-13)19(22)23/h3-8,11H,2,9-10,12H2,1H3. The van der Waals surface area contributed by atoms with Crippen LogP contribution in [0.5, 0.6) is 0 Å². The summed E-state index contributed by atoms with van der Waals surface area (Å²) >= 11 is 0. The Morgan fingerprint density at radius 1 is 1.24 bits per heavy atom. The van der Waals surface area contributed by atoms with Crippen LogP contribution in [0.25, 0.3) is 0 Å². The molecule has 2 aromatic rings. The average molecular weight is 346 g/mol. The Kier molecular flexibility index (Phi) is 6.27. The molecule has 0 fully saturated rings. The second-order valence-corrected chi connectivity index (χ2v) is 5.17. The van der Waals surface area contributed by atoms with Crippen molar-refractivity contribution in [3.05, 3.63) is 64.1 Å². The number of hydrogen-bond donors (Lipinski definition) is 0. The molecule has 1 aromatic carbocycles. The molecular weight excluding hydrogens is 328 g/mol. The van der Waals surface area contributed by atoms with Gasteiger partial charge in [-0.05, 0) is 31.2 Å². The first-order valence-corrected chi connectivity index (χ1v) is 7.73. The number of ether oxygens (including phenoxy) is 1. The highest BCUT2D eigenvalue weighted by molar-refractivity contribution is 5.94. The Bertz CT molecular complexity index is 724. The second kappa shape index (κ2) is 8.62. The van der Waals surface area contributed by atoms with Crippen LogP contribution in [0.2, 0.25) is 0 Å². The number of carbonyl (C=O) groups is 2. The zero-order valence-electron chi connectivity index (χ0n) is 13.7. The van der Waals surface area contributed by atoms with Crippen molar-refractivity contribution in [2.24, 2.45) is 0 Å². The molecule has 1 amide bonds. The number of nitrogens with zero attached hydrogens (tertiary/aromatic N) is 2. The summed E-state index contributed by atoms with van der Waals surface area (Å²) in [6.07, 6.45) is 1.54. The Morgan fingerprint density at radius 2 is 1.96 bits per heavy atom. The maximum atomic E-state index is 12.7. The summed E-state index contributed by atoms with van der Waals surface area (Å²) in [6, 6.07) is 8.74. The Morgan fingerprint density at radius 3 is 2.52 bits per heavy atom. The quantitative estimate of drug-likeness (QED) is 0.414. The van der Waals surface area contributed by atoms with Gasteiger partial charge in [-0.25, -0.2) is 0 Å². The van der Waals surface area contributed by atoms with E-state index in [-0.39, 0.29) is 37.7 Å². The van der Waals surface area contributed by atoms with Crippen LogP contribution in [0.15, 0.2) is 47.1 Å². The third-order valence-electron chi connectivity index (χ3n) is 3.43. The van der Waals surface area contributed by atoms with Gasteiger partial charge in [0, 0.05) is 24.2 Å². The first-order chi connectivity index (χ1) is 12.0. The Hall–Kier alpha value is -3.16. The predicted molar refractivity (Wildman–Crippen MR) is 87.8 cm³/mol. The van der Waals surface area contributed by atoms with Gasteiger partial charge < -0.3 is 14.1 Å². The number of nitro benzene ring substituents is 1. The topological polar surface area (TPSA) is 103 Å². The van der Waals surface area contributed by atoms with E-state index in [2.05, 4.69) is 0 Å². The van der Waals surface area contributed by atoms with Crippen LogP contribution in [-0.2, 0) is 16.1 Å². The zero-order valence-corrected chi connectivity index (χ0v) is 13.7. The normalized spacial score (nSPS) is 10.3. The van der Waals surface area contributed by atoms with Crippen LogP contribution in [0.3, 0.4) is 0 Å². The van der Waals surface area contributed by atoms with Gasteiger partial charge in [-0.15, -0.1) is 0 Å². The van der Waals surface area contributed by atoms with Crippen LogP contribution in [0.1, 0.15) is 29.5 Å². The van der Waals surface area contributed by atoms with Crippen molar-refractivity contribution in [1.29, 1.82) is 0 Å². The molecule has 132 valence electrons. The van der Waals surface area contributed by atoms with E-state index < -0.39 is 10.9 Å². The van der Waals surface area contributed by atoms with Crippen LogP contribution in [0, 0.1) is 10.1 Å². The highest BCUT2D eigenvalue weighted by Gasteiger charge is 2.19. The van der Waals surface area contributed by atoms with Gasteiger partial charge in [0.05, 0.1) is 30.8 Å². The molecule has 0 aliphatic carbocycles. The molecule has 0 saturated carbocycles. The summed E-state index contributed by atoms with van der Waals surface area (Å²) in [5.41, 5.74) is 0.196. The number of nitro groups is 1. The third-order valence-corrected chi connectivity index (χ3v) is 3.43. The lowest BCUT2D eigenvalue weighted by Crippen LogP contribution is -2.32. The van der Waals surface area contributed by atoms with Crippen molar-refractivity contribution in [3.8, 4) is 0 Å². The fourth-order valence-electron chi connectivity index (χ4n) is 2.21. The molecule has 0 spiro atoms. The average Bonchev–Trinajstić information content (AvgIpc) is 3.11. The molecule has 2 rings (SSSR count). The number of esters is 1.